The first-order valence-corrected chi connectivity index (χ1v) is 11.0. The number of benzene rings is 3. The molecule has 3 aromatic carbocycles. The number of nitrogens with one attached hydrogen (secondary N) is 4. The molecule has 0 fully saturated rings. The van der Waals surface area contributed by atoms with Gasteiger partial charge in [-0.15, -0.1) is 0 Å². The molecule has 0 atom stereocenters. The smallest absolute Gasteiger partial charge is 0.266 e. The molecule has 6 rings (SSSR count). The molecule has 0 saturated heterocycles. The van der Waals surface area contributed by atoms with Crippen molar-refractivity contribution in [3.05, 3.63) is 60.9 Å². The van der Waals surface area contributed by atoms with Crippen LogP contribution in [0.4, 0.5) is 17.1 Å². The van der Waals surface area contributed by atoms with Crippen LogP contribution in [0.5, 0.6) is 0 Å². The largest absolute Gasteiger partial charge is 0.354 e. The molecule has 0 unspecified atom stereocenters. The predicted molar refractivity (Wildman–Crippen MR) is 118 cm³/mol. The minimum Gasteiger partial charge on any atom is -0.354 e. The summed E-state index contributed by atoms with van der Waals surface area (Å²) in [7, 11) is -4.07. The molecule has 0 aliphatic carbocycles. The number of nitrogens with zero attached hydrogens (tertiary/aromatic N) is 4. The highest BCUT2D eigenvalue weighted by Gasteiger charge is 2.26. The second kappa shape index (κ2) is 6.78. The van der Waals surface area contributed by atoms with Gasteiger partial charge in [-0.05, 0) is 58.8 Å². The monoisotopic (exact) mass is 446 g/mol. The van der Waals surface area contributed by atoms with Crippen LogP contribution in [0, 0.1) is 0 Å². The fraction of sp³-hybridized carbons (Fsp3) is 0. The molecule has 3 aromatic heterocycles. The van der Waals surface area contributed by atoms with Crippen LogP contribution in [-0.4, -0.2) is 39.1 Å². The van der Waals surface area contributed by atoms with Crippen LogP contribution in [-0.2, 0) is 10.0 Å². The summed E-state index contributed by atoms with van der Waals surface area (Å²) in [4.78, 5) is -0.0781. The van der Waals surface area contributed by atoms with Crippen LogP contribution >= 0.6 is 0 Å². The van der Waals surface area contributed by atoms with Crippen molar-refractivity contribution >= 4 is 59.9 Å². The number of hydrogen-bond acceptors (Lipinski definition) is 8. The van der Waals surface area contributed by atoms with Gasteiger partial charge in [0.15, 0.2) is 5.52 Å². The van der Waals surface area contributed by atoms with E-state index in [2.05, 4.69) is 40.7 Å². The Labute approximate surface area is 179 Å². The zero-order valence-corrected chi connectivity index (χ0v) is 17.0. The lowest BCUT2D eigenvalue weighted by molar-refractivity contribution is 0.315. The van der Waals surface area contributed by atoms with Crippen molar-refractivity contribution in [2.75, 3.05) is 10.0 Å². The normalized spacial score (nSPS) is 12.0. The Hall–Kier alpha value is -4.45. The van der Waals surface area contributed by atoms with Crippen molar-refractivity contribution in [2.45, 2.75) is 4.90 Å². The van der Waals surface area contributed by atoms with Crippen molar-refractivity contribution in [2.24, 2.45) is 0 Å². The van der Waals surface area contributed by atoms with Crippen molar-refractivity contribution in [1.29, 1.82) is 0 Å². The van der Waals surface area contributed by atoms with E-state index in [-0.39, 0.29) is 10.4 Å². The molecule has 4 N–H and O–H groups in total. The zero-order valence-electron chi connectivity index (χ0n) is 16.2. The second-order valence-electron chi connectivity index (χ2n) is 7.15. The van der Waals surface area contributed by atoms with Crippen molar-refractivity contribution < 1.29 is 13.0 Å². The van der Waals surface area contributed by atoms with Crippen LogP contribution < -0.4 is 10.0 Å². The topological polar surface area (TPSA) is 154 Å². The first kappa shape index (κ1) is 18.3. The van der Waals surface area contributed by atoms with Gasteiger partial charge in [-0.2, -0.15) is 10.2 Å². The van der Waals surface area contributed by atoms with Gasteiger partial charge in [0.25, 0.3) is 10.0 Å². The number of aromatic nitrogens is 6. The van der Waals surface area contributed by atoms with E-state index in [1.54, 1.807) is 42.7 Å². The summed E-state index contributed by atoms with van der Waals surface area (Å²) >= 11 is 0. The molecule has 32 heavy (non-hydrogen) atoms. The highest BCUT2D eigenvalue weighted by atomic mass is 32.2. The van der Waals surface area contributed by atoms with E-state index in [0.717, 1.165) is 16.3 Å². The molecule has 158 valence electrons. The van der Waals surface area contributed by atoms with Crippen LogP contribution in [0.2, 0.25) is 0 Å². The maximum atomic E-state index is 13.5. The molecule has 11 nitrogen and oxygen atoms in total. The number of aromatic amines is 2. The zero-order chi connectivity index (χ0) is 21.7. The molecule has 0 aliphatic rings. The van der Waals surface area contributed by atoms with Gasteiger partial charge in [0.2, 0.25) is 0 Å². The second-order valence-corrected chi connectivity index (χ2v) is 8.77. The summed E-state index contributed by atoms with van der Waals surface area (Å²) < 4.78 is 34.3. The fourth-order valence-electron chi connectivity index (χ4n) is 3.58. The Morgan fingerprint density at radius 1 is 0.812 bits per heavy atom. The molecule has 0 spiro atoms. The molecule has 0 aliphatic heterocycles. The van der Waals surface area contributed by atoms with E-state index < -0.39 is 10.0 Å². The number of sulfonamides is 1. The quantitative estimate of drug-likeness (QED) is 0.314. The molecule has 0 saturated carbocycles. The molecule has 3 heterocycles. The third-order valence-electron chi connectivity index (χ3n) is 5.07. The lowest BCUT2D eigenvalue weighted by Gasteiger charge is -2.14. The van der Waals surface area contributed by atoms with Gasteiger partial charge in [-0.1, -0.05) is 0 Å². The maximum Gasteiger partial charge on any atom is 0.266 e. The molecule has 0 bridgehead atoms. The summed E-state index contributed by atoms with van der Waals surface area (Å²) in [6.07, 6.45) is 3.37. The lowest BCUT2D eigenvalue weighted by Crippen LogP contribution is -2.15. The average molecular weight is 446 g/mol. The van der Waals surface area contributed by atoms with Crippen LogP contribution in [0.3, 0.4) is 0 Å². The van der Waals surface area contributed by atoms with E-state index in [9.17, 15) is 8.42 Å². The highest BCUT2D eigenvalue weighted by Crippen LogP contribution is 2.33. The maximum absolute atomic E-state index is 13.5. The minimum atomic E-state index is -4.07. The predicted octanol–water partition coefficient (Wildman–Crippen LogP) is 3.52. The van der Waals surface area contributed by atoms with Gasteiger partial charge in [0.05, 0.1) is 34.8 Å². The lowest BCUT2D eigenvalue weighted by atomic mass is 10.2. The van der Waals surface area contributed by atoms with Gasteiger partial charge >= 0.3 is 0 Å². The molecule has 0 amide bonds. The van der Waals surface area contributed by atoms with Crippen LogP contribution in [0.25, 0.3) is 32.8 Å². The molecule has 0 radical (unpaired) electrons. The number of anilines is 3. The van der Waals surface area contributed by atoms with Gasteiger partial charge < -0.3 is 5.32 Å². The summed E-state index contributed by atoms with van der Waals surface area (Å²) in [5, 5.41) is 26.3. The van der Waals surface area contributed by atoms with Gasteiger partial charge in [-0.25, -0.2) is 13.0 Å². The van der Waals surface area contributed by atoms with Gasteiger partial charge in [-0.3, -0.25) is 14.9 Å². The molecular formula is C20H14N8O3S. The molecular weight excluding hydrogens is 432 g/mol. The number of H-pyrrole nitrogens is 2. The third kappa shape index (κ3) is 3.01. The number of hydrogen-bond donors (Lipinski definition) is 4. The van der Waals surface area contributed by atoms with Gasteiger partial charge in [0.1, 0.15) is 10.4 Å². The van der Waals surface area contributed by atoms with Crippen molar-refractivity contribution in [3.8, 4) is 0 Å². The Morgan fingerprint density at radius 2 is 1.50 bits per heavy atom. The van der Waals surface area contributed by atoms with E-state index >= 15 is 0 Å². The summed E-state index contributed by atoms with van der Waals surface area (Å²) in [5.41, 5.74) is 3.33. The molecule has 12 heteroatoms. The Kier molecular flexibility index (Phi) is 3.89. The highest BCUT2D eigenvalue weighted by molar-refractivity contribution is 7.93. The first-order chi connectivity index (χ1) is 15.6. The van der Waals surface area contributed by atoms with Crippen molar-refractivity contribution in [1.82, 2.24) is 30.7 Å². The SMILES string of the molecule is O=S(=O)(Nc1ccc2cn[nH]c2c1)c1c(Nc2ccc3cn[nH]c3c2)ccc2nonc12. The van der Waals surface area contributed by atoms with Crippen LogP contribution in [0.15, 0.2) is 70.4 Å². The average Bonchev–Trinajstić information content (AvgIpc) is 3.52. The van der Waals surface area contributed by atoms with E-state index in [1.807, 2.05) is 18.2 Å². The Morgan fingerprint density at radius 3 is 2.25 bits per heavy atom. The fourth-order valence-corrected chi connectivity index (χ4v) is 4.92. The molecule has 6 aromatic rings. The van der Waals surface area contributed by atoms with Gasteiger partial charge in [0, 0.05) is 16.5 Å². The summed E-state index contributed by atoms with van der Waals surface area (Å²) in [5.74, 6) is 0. The number of rotatable bonds is 5. The van der Waals surface area contributed by atoms with E-state index in [4.69, 9.17) is 4.63 Å². The van der Waals surface area contributed by atoms with E-state index in [1.165, 1.54) is 0 Å². The minimum absolute atomic E-state index is 0.0781. The Bertz CT molecular complexity index is 1720. The number of fused-ring (bicyclic) bond motifs is 3. The third-order valence-corrected chi connectivity index (χ3v) is 6.52. The standard InChI is InChI=1S/C20H14N8O3S/c29-32(30,28-14-4-2-12-10-22-25-18(12)8-14)20-16(6-5-15-19(20)27-31-26-15)23-13-3-1-11-9-21-24-17(11)7-13/h1-10,23,28H,(H,21,24)(H,22,25). The first-order valence-electron chi connectivity index (χ1n) is 9.48. The van der Waals surface area contributed by atoms with Crippen molar-refractivity contribution in [3.63, 3.8) is 0 Å². The van der Waals surface area contributed by atoms with Crippen LogP contribution in [0.1, 0.15) is 0 Å². The Balaban J connectivity index is 1.45. The summed E-state index contributed by atoms with van der Waals surface area (Å²) in [6, 6.07) is 13.9. The van der Waals surface area contributed by atoms with E-state index in [0.29, 0.717) is 28.1 Å². The summed E-state index contributed by atoms with van der Waals surface area (Å²) in [6.45, 7) is 0.